The molecule has 0 bridgehead atoms. The van der Waals surface area contributed by atoms with Gasteiger partial charge in [-0.1, -0.05) is 6.07 Å². The molecule has 8 heteroatoms. The van der Waals surface area contributed by atoms with E-state index in [1.807, 2.05) is 6.92 Å². The van der Waals surface area contributed by atoms with Gasteiger partial charge in [0.1, 0.15) is 6.61 Å². The van der Waals surface area contributed by atoms with Crippen molar-refractivity contribution in [2.24, 2.45) is 0 Å². The first kappa shape index (κ1) is 14.9. The van der Waals surface area contributed by atoms with Gasteiger partial charge in [-0.15, -0.1) is 0 Å². The second-order valence-corrected chi connectivity index (χ2v) is 4.98. The Labute approximate surface area is 133 Å². The van der Waals surface area contributed by atoms with Crippen LogP contribution < -0.4 is 15.5 Å². The van der Waals surface area contributed by atoms with E-state index in [0.717, 1.165) is 6.54 Å². The summed E-state index contributed by atoms with van der Waals surface area (Å²) in [6, 6.07) is 6.66. The molecular formula is C15H17N5O3. The summed E-state index contributed by atoms with van der Waals surface area (Å²) >= 11 is 0. The maximum atomic E-state index is 12.0. The number of nitrogens with zero attached hydrogens (tertiary/aromatic N) is 3. The summed E-state index contributed by atoms with van der Waals surface area (Å²) in [7, 11) is 0. The highest BCUT2D eigenvalue weighted by molar-refractivity contribution is 6.00. The molecule has 23 heavy (non-hydrogen) atoms. The fraction of sp³-hybridized carbons (Fsp3) is 0.267. The highest BCUT2D eigenvalue weighted by atomic mass is 16.6. The Balaban J connectivity index is 1.65. The zero-order valence-corrected chi connectivity index (χ0v) is 12.7. The molecule has 0 unspecified atom stereocenters. The average Bonchev–Trinajstić information content (AvgIpc) is 3.16. The van der Waals surface area contributed by atoms with Gasteiger partial charge in [-0.05, 0) is 25.1 Å². The number of hydrogen-bond donors (Lipinski definition) is 2. The molecule has 1 aromatic carbocycles. The van der Waals surface area contributed by atoms with Crippen molar-refractivity contribution in [2.75, 3.05) is 28.7 Å². The number of benzene rings is 1. The number of urea groups is 1. The molecule has 1 fully saturated rings. The lowest BCUT2D eigenvalue weighted by Crippen LogP contribution is -2.24. The van der Waals surface area contributed by atoms with Crippen molar-refractivity contribution in [3.8, 4) is 0 Å². The maximum Gasteiger partial charge on any atom is 0.414 e. The molecule has 0 atom stereocenters. The summed E-state index contributed by atoms with van der Waals surface area (Å²) in [6.07, 6.45) is 2.95. The van der Waals surface area contributed by atoms with Gasteiger partial charge >= 0.3 is 12.1 Å². The van der Waals surface area contributed by atoms with Gasteiger partial charge in [-0.25, -0.2) is 9.59 Å². The molecule has 1 aliphatic heterocycles. The topological polar surface area (TPSA) is 88.5 Å². The van der Waals surface area contributed by atoms with Crippen LogP contribution in [-0.2, 0) is 11.3 Å². The molecule has 2 N–H and O–H groups in total. The van der Waals surface area contributed by atoms with Crippen molar-refractivity contribution in [1.29, 1.82) is 0 Å². The maximum absolute atomic E-state index is 12.0. The smallest absolute Gasteiger partial charge is 0.414 e. The van der Waals surface area contributed by atoms with Crippen molar-refractivity contribution >= 4 is 29.2 Å². The van der Waals surface area contributed by atoms with Gasteiger partial charge < -0.3 is 15.4 Å². The average molecular weight is 315 g/mol. The minimum atomic E-state index is -0.376. The number of carbonyl (C=O) groups is 2. The number of cyclic esters (lactones) is 1. The Bertz CT molecular complexity index is 727. The Hall–Kier alpha value is -3.03. The summed E-state index contributed by atoms with van der Waals surface area (Å²) in [6.45, 7) is 3.58. The number of amides is 3. The molecule has 0 spiro atoms. The monoisotopic (exact) mass is 315 g/mol. The molecular weight excluding hydrogens is 298 g/mol. The van der Waals surface area contributed by atoms with Crippen LogP contribution in [0.2, 0.25) is 0 Å². The second-order valence-electron chi connectivity index (χ2n) is 4.98. The lowest BCUT2D eigenvalue weighted by molar-refractivity contribution is 0.181. The molecule has 3 rings (SSSR count). The van der Waals surface area contributed by atoms with Gasteiger partial charge in [0.2, 0.25) is 0 Å². The quantitative estimate of drug-likeness (QED) is 0.907. The van der Waals surface area contributed by atoms with Crippen LogP contribution in [0.25, 0.3) is 0 Å². The van der Waals surface area contributed by atoms with Gasteiger partial charge in [0.25, 0.3) is 0 Å². The van der Waals surface area contributed by atoms with E-state index in [2.05, 4.69) is 15.7 Å². The van der Waals surface area contributed by atoms with Crippen molar-refractivity contribution in [1.82, 2.24) is 9.78 Å². The van der Waals surface area contributed by atoms with Crippen LogP contribution in [0.15, 0.2) is 36.7 Å². The number of anilines is 3. The molecule has 0 saturated carbocycles. The number of carbonyl (C=O) groups excluding carboxylic acids is 2. The molecule has 3 amide bonds. The largest absolute Gasteiger partial charge is 0.447 e. The summed E-state index contributed by atoms with van der Waals surface area (Å²) in [5.74, 6) is 0. The highest BCUT2D eigenvalue weighted by Crippen LogP contribution is 2.22. The minimum Gasteiger partial charge on any atom is -0.447 e. The lowest BCUT2D eigenvalue weighted by atomic mass is 10.2. The van der Waals surface area contributed by atoms with Crippen molar-refractivity contribution in [3.63, 3.8) is 0 Å². The molecule has 8 nitrogen and oxygen atoms in total. The Kier molecular flexibility index (Phi) is 4.13. The molecule has 120 valence electrons. The third-order valence-electron chi connectivity index (χ3n) is 3.39. The normalized spacial score (nSPS) is 13.8. The van der Waals surface area contributed by atoms with E-state index < -0.39 is 0 Å². The summed E-state index contributed by atoms with van der Waals surface area (Å²) in [5.41, 5.74) is 1.88. The number of nitrogens with one attached hydrogen (secondary N) is 2. The van der Waals surface area contributed by atoms with Crippen molar-refractivity contribution in [2.45, 2.75) is 13.5 Å². The predicted molar refractivity (Wildman–Crippen MR) is 85.7 cm³/mol. The summed E-state index contributed by atoms with van der Waals surface area (Å²) in [5, 5.41) is 9.52. The summed E-state index contributed by atoms with van der Waals surface area (Å²) in [4.78, 5) is 25.1. The van der Waals surface area contributed by atoms with Crippen LogP contribution in [0.1, 0.15) is 6.92 Å². The zero-order chi connectivity index (χ0) is 16.2. The number of ether oxygens (including phenoxy) is 1. The molecule has 2 aromatic rings. The second kappa shape index (κ2) is 6.39. The first-order valence-corrected chi connectivity index (χ1v) is 7.30. The predicted octanol–water partition coefficient (Wildman–Crippen LogP) is 2.50. The number of hydrogen-bond acceptors (Lipinski definition) is 4. The van der Waals surface area contributed by atoms with E-state index in [4.69, 9.17) is 4.74 Å². The van der Waals surface area contributed by atoms with E-state index in [-0.39, 0.29) is 12.1 Å². The van der Waals surface area contributed by atoms with E-state index in [1.165, 1.54) is 4.90 Å². The van der Waals surface area contributed by atoms with E-state index in [9.17, 15) is 9.59 Å². The lowest BCUT2D eigenvalue weighted by Gasteiger charge is -2.14. The summed E-state index contributed by atoms with van der Waals surface area (Å²) < 4.78 is 6.63. The molecule has 2 heterocycles. The Morgan fingerprint density at radius 3 is 2.87 bits per heavy atom. The van der Waals surface area contributed by atoms with Crippen molar-refractivity contribution < 1.29 is 14.3 Å². The third-order valence-corrected chi connectivity index (χ3v) is 3.39. The van der Waals surface area contributed by atoms with Crippen LogP contribution in [0.3, 0.4) is 0 Å². The zero-order valence-electron chi connectivity index (χ0n) is 12.7. The third kappa shape index (κ3) is 3.42. The first-order valence-electron chi connectivity index (χ1n) is 7.30. The van der Waals surface area contributed by atoms with Gasteiger partial charge in [0, 0.05) is 24.1 Å². The van der Waals surface area contributed by atoms with Crippen LogP contribution in [0.5, 0.6) is 0 Å². The Morgan fingerprint density at radius 1 is 1.35 bits per heavy atom. The van der Waals surface area contributed by atoms with Gasteiger partial charge in [0.05, 0.1) is 18.4 Å². The van der Waals surface area contributed by atoms with Crippen LogP contribution >= 0.6 is 0 Å². The van der Waals surface area contributed by atoms with E-state index in [1.54, 1.807) is 41.3 Å². The SMILES string of the molecule is CCn1cc(NC(=O)Nc2cccc(N3CCOC3=O)c2)cn1. The minimum absolute atomic E-state index is 0.373. The number of aryl methyl sites for hydroxylation is 1. The van der Waals surface area contributed by atoms with Gasteiger partial charge in [-0.2, -0.15) is 5.10 Å². The van der Waals surface area contributed by atoms with Crippen LogP contribution in [0.4, 0.5) is 26.7 Å². The highest BCUT2D eigenvalue weighted by Gasteiger charge is 2.23. The molecule has 1 aliphatic rings. The number of aromatic nitrogens is 2. The molecule has 0 aliphatic carbocycles. The van der Waals surface area contributed by atoms with Gasteiger partial charge in [0.15, 0.2) is 0 Å². The van der Waals surface area contributed by atoms with Gasteiger partial charge in [-0.3, -0.25) is 9.58 Å². The fourth-order valence-corrected chi connectivity index (χ4v) is 2.27. The van der Waals surface area contributed by atoms with E-state index >= 15 is 0 Å². The fourth-order valence-electron chi connectivity index (χ4n) is 2.27. The van der Waals surface area contributed by atoms with E-state index in [0.29, 0.717) is 30.2 Å². The van der Waals surface area contributed by atoms with Crippen LogP contribution in [-0.4, -0.2) is 35.1 Å². The van der Waals surface area contributed by atoms with Crippen LogP contribution in [0, 0.1) is 0 Å². The first-order chi connectivity index (χ1) is 11.2. The molecule has 1 aromatic heterocycles. The molecule has 1 saturated heterocycles. The standard InChI is InChI=1S/C15H17N5O3/c1-2-19-10-12(9-16-19)18-14(21)17-11-4-3-5-13(8-11)20-6-7-23-15(20)22/h3-5,8-10H,2,6-7H2,1H3,(H2,17,18,21). The van der Waals surface area contributed by atoms with Crippen molar-refractivity contribution in [3.05, 3.63) is 36.7 Å². The Morgan fingerprint density at radius 2 is 2.17 bits per heavy atom. The number of rotatable bonds is 4. The molecule has 0 radical (unpaired) electrons.